The molecule has 2 nitrogen and oxygen atoms in total. The zero-order valence-corrected chi connectivity index (χ0v) is 14.8. The molecule has 1 aliphatic carbocycles. The lowest BCUT2D eigenvalue weighted by Crippen LogP contribution is -2.24. The molecule has 0 saturated heterocycles. The normalized spacial score (nSPS) is 15.4. The summed E-state index contributed by atoms with van der Waals surface area (Å²) in [4.78, 5) is 0. The van der Waals surface area contributed by atoms with Crippen LogP contribution in [0.1, 0.15) is 18.4 Å². The summed E-state index contributed by atoms with van der Waals surface area (Å²) < 4.78 is 6.23. The van der Waals surface area contributed by atoms with E-state index in [4.69, 9.17) is 16.3 Å². The molecule has 1 atom stereocenters. The van der Waals surface area contributed by atoms with E-state index in [-0.39, 0.29) is 0 Å². The van der Waals surface area contributed by atoms with Crippen molar-refractivity contribution in [3.8, 4) is 5.75 Å². The molecule has 4 heteroatoms. The van der Waals surface area contributed by atoms with Crippen LogP contribution in [0.2, 0.25) is 5.02 Å². The van der Waals surface area contributed by atoms with E-state index in [1.807, 2.05) is 18.2 Å². The summed E-state index contributed by atoms with van der Waals surface area (Å²) in [5.41, 5.74) is 2.33. The number of benzene rings is 2. The van der Waals surface area contributed by atoms with E-state index in [9.17, 15) is 0 Å². The van der Waals surface area contributed by atoms with E-state index in [2.05, 4.69) is 45.5 Å². The predicted molar refractivity (Wildman–Crippen MR) is 96.0 cm³/mol. The number of ether oxygens (including phenoxy) is 1. The van der Waals surface area contributed by atoms with E-state index >= 15 is 0 Å². The first-order valence-electron chi connectivity index (χ1n) is 7.50. The van der Waals surface area contributed by atoms with Crippen LogP contribution in [0.5, 0.6) is 5.75 Å². The Morgan fingerprint density at radius 2 is 1.95 bits per heavy atom. The molecule has 3 rings (SSSR count). The van der Waals surface area contributed by atoms with Crippen LogP contribution in [0.3, 0.4) is 0 Å². The summed E-state index contributed by atoms with van der Waals surface area (Å²) in [7, 11) is 1.69. The van der Waals surface area contributed by atoms with Crippen LogP contribution in [0.25, 0.3) is 0 Å². The van der Waals surface area contributed by atoms with Crippen molar-refractivity contribution in [2.45, 2.75) is 25.3 Å². The maximum absolute atomic E-state index is 6.37. The molecule has 116 valence electrons. The van der Waals surface area contributed by atoms with Crippen molar-refractivity contribution in [2.75, 3.05) is 12.4 Å². The third-order valence-electron chi connectivity index (χ3n) is 4.09. The van der Waals surface area contributed by atoms with Gasteiger partial charge in [0.15, 0.2) is 0 Å². The van der Waals surface area contributed by atoms with E-state index < -0.39 is 0 Å². The van der Waals surface area contributed by atoms with Crippen LogP contribution in [-0.4, -0.2) is 13.2 Å². The molecule has 0 radical (unpaired) electrons. The van der Waals surface area contributed by atoms with Gasteiger partial charge in [0.1, 0.15) is 5.75 Å². The fourth-order valence-corrected chi connectivity index (χ4v) is 3.41. The number of halogens is 2. The second-order valence-electron chi connectivity index (χ2n) is 5.76. The molecule has 2 aromatic carbocycles. The van der Waals surface area contributed by atoms with Gasteiger partial charge >= 0.3 is 0 Å². The second-order valence-corrected chi connectivity index (χ2v) is 7.08. The Kier molecular flexibility index (Phi) is 4.94. The monoisotopic (exact) mass is 379 g/mol. The van der Waals surface area contributed by atoms with Crippen molar-refractivity contribution >= 4 is 33.2 Å². The number of hydrogen-bond donors (Lipinski definition) is 1. The smallest absolute Gasteiger partial charge is 0.119 e. The molecule has 0 spiro atoms. The van der Waals surface area contributed by atoms with Gasteiger partial charge in [0.2, 0.25) is 0 Å². The Morgan fingerprint density at radius 1 is 1.23 bits per heavy atom. The Labute approximate surface area is 145 Å². The molecule has 0 unspecified atom stereocenters. The average Bonchev–Trinajstić information content (AvgIpc) is 3.34. The van der Waals surface area contributed by atoms with Crippen molar-refractivity contribution in [1.82, 2.24) is 0 Å². The zero-order chi connectivity index (χ0) is 15.5. The summed E-state index contributed by atoms with van der Waals surface area (Å²) in [6.45, 7) is 0. The molecule has 0 amide bonds. The van der Waals surface area contributed by atoms with E-state index in [1.165, 1.54) is 18.4 Å². The first-order chi connectivity index (χ1) is 10.7. The fraction of sp³-hybridized carbons (Fsp3) is 0.333. The number of methoxy groups -OCH3 is 1. The SMILES string of the molecule is COc1ccc(N[C@H](Cc2ccc(Br)cc2Cl)C2CC2)cc1. The Balaban J connectivity index is 1.72. The highest BCUT2D eigenvalue weighted by atomic mass is 79.9. The Bertz CT molecular complexity index is 640. The van der Waals surface area contributed by atoms with Gasteiger partial charge in [-0.3, -0.25) is 0 Å². The third-order valence-corrected chi connectivity index (χ3v) is 4.93. The van der Waals surface area contributed by atoms with Gasteiger partial charge in [0, 0.05) is 21.2 Å². The molecular weight excluding hydrogens is 362 g/mol. The number of anilines is 1. The topological polar surface area (TPSA) is 21.3 Å². The van der Waals surface area contributed by atoms with Gasteiger partial charge in [-0.15, -0.1) is 0 Å². The summed E-state index contributed by atoms with van der Waals surface area (Å²) in [5, 5.41) is 4.49. The van der Waals surface area contributed by atoms with Gasteiger partial charge in [-0.25, -0.2) is 0 Å². The van der Waals surface area contributed by atoms with Crippen LogP contribution in [0.15, 0.2) is 46.9 Å². The Morgan fingerprint density at radius 3 is 2.55 bits per heavy atom. The van der Waals surface area contributed by atoms with Crippen LogP contribution in [-0.2, 0) is 6.42 Å². The largest absolute Gasteiger partial charge is 0.497 e. The minimum Gasteiger partial charge on any atom is -0.497 e. The summed E-state index contributed by atoms with van der Waals surface area (Å²) in [6.07, 6.45) is 3.53. The maximum Gasteiger partial charge on any atom is 0.119 e. The third kappa shape index (κ3) is 3.96. The van der Waals surface area contributed by atoms with Gasteiger partial charge in [-0.1, -0.05) is 33.6 Å². The lowest BCUT2D eigenvalue weighted by atomic mass is 10.0. The van der Waals surface area contributed by atoms with Gasteiger partial charge in [-0.05, 0) is 67.1 Å². The van der Waals surface area contributed by atoms with E-state index in [1.54, 1.807) is 7.11 Å². The molecule has 2 aromatic rings. The summed E-state index contributed by atoms with van der Waals surface area (Å²) in [5.74, 6) is 1.62. The van der Waals surface area contributed by atoms with Crippen LogP contribution in [0.4, 0.5) is 5.69 Å². The number of nitrogens with one attached hydrogen (secondary N) is 1. The van der Waals surface area contributed by atoms with Crippen molar-refractivity contribution < 1.29 is 4.74 Å². The molecule has 0 aliphatic heterocycles. The van der Waals surface area contributed by atoms with Crippen molar-refractivity contribution in [1.29, 1.82) is 0 Å². The van der Waals surface area contributed by atoms with E-state index in [0.29, 0.717) is 6.04 Å². The molecule has 0 aromatic heterocycles. The predicted octanol–water partition coefficient (Wildman–Crippen LogP) is 5.54. The van der Waals surface area contributed by atoms with Crippen LogP contribution in [0, 0.1) is 5.92 Å². The highest BCUT2D eigenvalue weighted by molar-refractivity contribution is 9.10. The van der Waals surface area contributed by atoms with Gasteiger partial charge < -0.3 is 10.1 Å². The van der Waals surface area contributed by atoms with Crippen molar-refractivity contribution in [3.63, 3.8) is 0 Å². The lowest BCUT2D eigenvalue weighted by Gasteiger charge is -2.20. The van der Waals surface area contributed by atoms with Gasteiger partial charge in [-0.2, -0.15) is 0 Å². The summed E-state index contributed by atoms with van der Waals surface area (Å²) in [6, 6.07) is 14.7. The van der Waals surface area contributed by atoms with Crippen molar-refractivity contribution in [2.24, 2.45) is 5.92 Å². The molecule has 1 aliphatic rings. The highest BCUT2D eigenvalue weighted by Gasteiger charge is 2.31. The molecule has 1 N–H and O–H groups in total. The Hall–Kier alpha value is -1.19. The minimum atomic E-state index is 0.423. The molecular formula is C18H19BrClNO. The second kappa shape index (κ2) is 6.93. The quantitative estimate of drug-likeness (QED) is 0.710. The first-order valence-corrected chi connectivity index (χ1v) is 8.67. The fourth-order valence-electron chi connectivity index (χ4n) is 2.66. The van der Waals surface area contributed by atoms with Gasteiger partial charge in [0.25, 0.3) is 0 Å². The van der Waals surface area contributed by atoms with Crippen LogP contribution >= 0.6 is 27.5 Å². The minimum absolute atomic E-state index is 0.423. The standard InChI is InChI=1S/C18H19BrClNO/c1-22-16-8-6-15(7-9-16)21-18(12-2-3-12)10-13-4-5-14(19)11-17(13)20/h4-9,11-12,18,21H,2-3,10H2,1H3/t18-/m1/s1. The maximum atomic E-state index is 6.37. The first kappa shape index (κ1) is 15.7. The number of hydrogen-bond acceptors (Lipinski definition) is 2. The molecule has 22 heavy (non-hydrogen) atoms. The highest BCUT2D eigenvalue weighted by Crippen LogP contribution is 2.37. The van der Waals surface area contributed by atoms with Crippen LogP contribution < -0.4 is 10.1 Å². The average molecular weight is 381 g/mol. The van der Waals surface area contributed by atoms with Gasteiger partial charge in [0.05, 0.1) is 7.11 Å². The molecule has 0 bridgehead atoms. The lowest BCUT2D eigenvalue weighted by molar-refractivity contribution is 0.415. The molecule has 0 heterocycles. The molecule has 1 fully saturated rings. The zero-order valence-electron chi connectivity index (χ0n) is 12.5. The van der Waals surface area contributed by atoms with Crippen molar-refractivity contribution in [3.05, 3.63) is 57.5 Å². The summed E-state index contributed by atoms with van der Waals surface area (Å²) >= 11 is 9.83. The molecule has 1 saturated carbocycles. The van der Waals surface area contributed by atoms with E-state index in [0.717, 1.165) is 33.3 Å². The number of rotatable bonds is 6.